The van der Waals surface area contributed by atoms with Gasteiger partial charge in [0.1, 0.15) is 5.03 Å². The first-order chi connectivity index (χ1) is 6.85. The molecule has 0 aliphatic carbocycles. The van der Waals surface area contributed by atoms with E-state index in [0.717, 1.165) is 16.3 Å². The Bertz CT molecular complexity index is 439. The van der Waals surface area contributed by atoms with E-state index in [2.05, 4.69) is 27.6 Å². The number of nitrogens with one attached hydrogen (secondary N) is 1. The predicted molar refractivity (Wildman–Crippen MR) is 63.4 cm³/mol. The van der Waals surface area contributed by atoms with E-state index in [1.807, 2.05) is 13.1 Å². The van der Waals surface area contributed by atoms with Gasteiger partial charge in [-0.25, -0.2) is 9.97 Å². The van der Waals surface area contributed by atoms with Crippen molar-refractivity contribution in [1.82, 2.24) is 9.97 Å². The molecule has 0 bridgehead atoms. The zero-order chi connectivity index (χ0) is 9.97. The fourth-order valence-corrected chi connectivity index (χ4v) is 2.88. The van der Waals surface area contributed by atoms with Crippen LogP contribution >= 0.6 is 23.1 Å². The van der Waals surface area contributed by atoms with Crippen LogP contribution in [-0.2, 0) is 0 Å². The highest BCUT2D eigenvalue weighted by Gasteiger charge is 2.07. The number of hydrogen-bond donors (Lipinski definition) is 1. The van der Waals surface area contributed by atoms with Crippen molar-refractivity contribution in [3.8, 4) is 0 Å². The first kappa shape index (κ1) is 9.73. The van der Waals surface area contributed by atoms with Crippen LogP contribution in [0.15, 0.2) is 16.5 Å². The zero-order valence-corrected chi connectivity index (χ0v) is 9.71. The van der Waals surface area contributed by atoms with Gasteiger partial charge < -0.3 is 5.32 Å². The molecule has 2 aromatic heterocycles. The molecule has 0 amide bonds. The Labute approximate surface area is 91.0 Å². The molecule has 14 heavy (non-hydrogen) atoms. The lowest BCUT2D eigenvalue weighted by atomic mass is 10.5. The summed E-state index contributed by atoms with van der Waals surface area (Å²) < 4.78 is 1.19. The first-order valence-corrected chi connectivity index (χ1v) is 6.27. The Balaban J connectivity index is 2.58. The quantitative estimate of drug-likeness (QED) is 0.644. The molecule has 0 atom stereocenters. The summed E-state index contributed by atoms with van der Waals surface area (Å²) in [6.07, 6.45) is 0. The second kappa shape index (κ2) is 4.14. The third kappa shape index (κ3) is 1.69. The first-order valence-electron chi connectivity index (χ1n) is 4.41. The highest BCUT2D eigenvalue weighted by Crippen LogP contribution is 2.30. The van der Waals surface area contributed by atoms with Crippen molar-refractivity contribution < 1.29 is 0 Å². The molecule has 0 aromatic carbocycles. The number of thioether (sulfide) groups is 1. The van der Waals surface area contributed by atoms with Crippen LogP contribution in [0.3, 0.4) is 0 Å². The molecule has 2 rings (SSSR count). The minimum atomic E-state index is 0.701. The number of hydrogen-bond acceptors (Lipinski definition) is 5. The molecule has 5 heteroatoms. The van der Waals surface area contributed by atoms with Gasteiger partial charge in [0.2, 0.25) is 5.95 Å². The van der Waals surface area contributed by atoms with Crippen LogP contribution in [-0.4, -0.2) is 22.8 Å². The maximum Gasteiger partial charge on any atom is 0.224 e. The fourth-order valence-electron chi connectivity index (χ4n) is 1.18. The summed E-state index contributed by atoms with van der Waals surface area (Å²) in [5, 5.41) is 6.11. The lowest BCUT2D eigenvalue weighted by Crippen LogP contribution is -1.97. The standard InChI is InChI=1S/C9H11N3S2/c1-3-13-8-7-6(4-5-14-7)11-9(10-2)12-8/h4-5H,3H2,1-2H3,(H,10,11,12). The molecule has 74 valence electrons. The maximum absolute atomic E-state index is 4.43. The summed E-state index contributed by atoms with van der Waals surface area (Å²) in [6.45, 7) is 2.13. The summed E-state index contributed by atoms with van der Waals surface area (Å²) in [6, 6.07) is 2.03. The smallest absolute Gasteiger partial charge is 0.224 e. The van der Waals surface area contributed by atoms with Gasteiger partial charge in [-0.05, 0) is 17.2 Å². The van der Waals surface area contributed by atoms with E-state index in [1.165, 1.54) is 4.70 Å². The summed E-state index contributed by atoms with van der Waals surface area (Å²) in [4.78, 5) is 8.80. The molecule has 0 radical (unpaired) electrons. The average Bonchev–Trinajstić information content (AvgIpc) is 2.66. The predicted octanol–water partition coefficient (Wildman–Crippen LogP) is 2.85. The van der Waals surface area contributed by atoms with Gasteiger partial charge in [0.05, 0.1) is 10.2 Å². The maximum atomic E-state index is 4.43. The number of fused-ring (bicyclic) bond motifs is 1. The van der Waals surface area contributed by atoms with Crippen molar-refractivity contribution in [1.29, 1.82) is 0 Å². The van der Waals surface area contributed by atoms with Crippen LogP contribution in [0.4, 0.5) is 5.95 Å². The van der Waals surface area contributed by atoms with E-state index in [-0.39, 0.29) is 0 Å². The van der Waals surface area contributed by atoms with Crippen molar-refractivity contribution in [3.63, 3.8) is 0 Å². The van der Waals surface area contributed by atoms with Gasteiger partial charge in [-0.2, -0.15) is 0 Å². The van der Waals surface area contributed by atoms with Gasteiger partial charge in [0.15, 0.2) is 0 Å². The number of rotatable bonds is 3. The molecule has 0 spiro atoms. The summed E-state index contributed by atoms with van der Waals surface area (Å²) in [5.41, 5.74) is 1.03. The normalized spacial score (nSPS) is 10.7. The van der Waals surface area contributed by atoms with Crippen LogP contribution in [0, 0.1) is 0 Å². The SMILES string of the molecule is CCSc1nc(NC)nc2ccsc12. The third-order valence-corrected chi connectivity index (χ3v) is 3.67. The monoisotopic (exact) mass is 225 g/mol. The largest absolute Gasteiger partial charge is 0.357 e. The van der Waals surface area contributed by atoms with Gasteiger partial charge in [-0.1, -0.05) is 6.92 Å². The van der Waals surface area contributed by atoms with E-state index in [1.54, 1.807) is 23.1 Å². The number of nitrogens with zero attached hydrogens (tertiary/aromatic N) is 2. The molecule has 0 unspecified atom stereocenters. The van der Waals surface area contributed by atoms with Gasteiger partial charge >= 0.3 is 0 Å². The highest BCUT2D eigenvalue weighted by molar-refractivity contribution is 7.99. The summed E-state index contributed by atoms with van der Waals surface area (Å²) >= 11 is 3.46. The second-order valence-electron chi connectivity index (χ2n) is 2.67. The zero-order valence-electron chi connectivity index (χ0n) is 8.07. The number of thiophene rings is 1. The van der Waals surface area contributed by atoms with E-state index in [0.29, 0.717) is 5.95 Å². The van der Waals surface area contributed by atoms with Crippen molar-refractivity contribution in [2.45, 2.75) is 11.9 Å². The molecule has 1 N–H and O–H groups in total. The molecule has 0 aliphatic rings. The minimum Gasteiger partial charge on any atom is -0.357 e. The van der Waals surface area contributed by atoms with Gasteiger partial charge in [-0.3, -0.25) is 0 Å². The molecule has 0 fully saturated rings. The molecule has 0 saturated heterocycles. The van der Waals surface area contributed by atoms with E-state index in [4.69, 9.17) is 0 Å². The fraction of sp³-hybridized carbons (Fsp3) is 0.333. The number of anilines is 1. The van der Waals surface area contributed by atoms with Crippen LogP contribution in [0.5, 0.6) is 0 Å². The molecule has 0 aliphatic heterocycles. The van der Waals surface area contributed by atoms with Crippen molar-refractivity contribution in [2.24, 2.45) is 0 Å². The Morgan fingerprint density at radius 2 is 2.36 bits per heavy atom. The Hall–Kier alpha value is -0.810. The topological polar surface area (TPSA) is 37.8 Å². The van der Waals surface area contributed by atoms with E-state index < -0.39 is 0 Å². The van der Waals surface area contributed by atoms with Crippen LogP contribution in [0.1, 0.15) is 6.92 Å². The molecule has 3 nitrogen and oxygen atoms in total. The van der Waals surface area contributed by atoms with Crippen LogP contribution < -0.4 is 5.32 Å². The van der Waals surface area contributed by atoms with E-state index >= 15 is 0 Å². The van der Waals surface area contributed by atoms with Crippen molar-refractivity contribution >= 4 is 39.3 Å². The Morgan fingerprint density at radius 3 is 3.07 bits per heavy atom. The number of aromatic nitrogens is 2. The molecular weight excluding hydrogens is 214 g/mol. The minimum absolute atomic E-state index is 0.701. The average molecular weight is 225 g/mol. The van der Waals surface area contributed by atoms with Crippen molar-refractivity contribution in [2.75, 3.05) is 18.1 Å². The third-order valence-electron chi connectivity index (χ3n) is 1.78. The van der Waals surface area contributed by atoms with Crippen LogP contribution in [0.2, 0.25) is 0 Å². The van der Waals surface area contributed by atoms with E-state index in [9.17, 15) is 0 Å². The Kier molecular flexibility index (Phi) is 2.88. The van der Waals surface area contributed by atoms with Crippen molar-refractivity contribution in [3.05, 3.63) is 11.4 Å². The molecular formula is C9H11N3S2. The summed E-state index contributed by atoms with van der Waals surface area (Å²) in [7, 11) is 1.84. The van der Waals surface area contributed by atoms with Gasteiger partial charge in [-0.15, -0.1) is 23.1 Å². The second-order valence-corrected chi connectivity index (χ2v) is 4.84. The lowest BCUT2D eigenvalue weighted by Gasteiger charge is -2.03. The highest BCUT2D eigenvalue weighted by atomic mass is 32.2. The summed E-state index contributed by atoms with van der Waals surface area (Å²) in [5.74, 6) is 1.74. The Morgan fingerprint density at radius 1 is 1.50 bits per heavy atom. The molecule has 2 heterocycles. The van der Waals surface area contributed by atoms with Gasteiger partial charge in [0.25, 0.3) is 0 Å². The van der Waals surface area contributed by atoms with Crippen LogP contribution in [0.25, 0.3) is 10.2 Å². The lowest BCUT2D eigenvalue weighted by molar-refractivity contribution is 1.10. The molecule has 2 aromatic rings. The van der Waals surface area contributed by atoms with Gasteiger partial charge in [0, 0.05) is 7.05 Å². The molecule has 0 saturated carbocycles.